The Balaban J connectivity index is 0.790. The summed E-state index contributed by atoms with van der Waals surface area (Å²) in [6.45, 7) is 21.9. The van der Waals surface area contributed by atoms with Crippen LogP contribution in [-0.2, 0) is 14.3 Å². The maximum atomic E-state index is 17.9. The van der Waals surface area contributed by atoms with Gasteiger partial charge in [0, 0.05) is 94.1 Å². The van der Waals surface area contributed by atoms with Crippen LogP contribution in [0.2, 0.25) is 21.6 Å². The van der Waals surface area contributed by atoms with Crippen molar-refractivity contribution in [2.24, 2.45) is 17.3 Å². The SMILES string of the molecule is COCOc1cc(-c2ncc3c(N4CCC[C@@](C)(O)C4)nc(OCC4(CN5CCC(COCCC6CCN(C(=O)c7ccc(Cl)c(N8CCC(=O)NC8=O)c7)CC6)CC5)CC4)nc3c2F)c2c(C#C[Si](C(C)C)(C(C)C)C(C)C)c(F)ccc2c1. The van der Waals surface area contributed by atoms with Crippen molar-refractivity contribution >= 4 is 70.7 Å². The van der Waals surface area contributed by atoms with E-state index in [2.05, 4.69) is 63.2 Å². The van der Waals surface area contributed by atoms with Crippen LogP contribution in [0.1, 0.15) is 129 Å². The number of carbonyl (C=O) groups excluding carboxylic acids is 3. The molecule has 456 valence electrons. The van der Waals surface area contributed by atoms with Crippen molar-refractivity contribution in [2.75, 3.05) is 95.9 Å². The molecule has 5 aromatic rings. The highest BCUT2D eigenvalue weighted by molar-refractivity contribution is 6.90. The molecule has 1 saturated carbocycles. The Hall–Kier alpha value is -6.01. The van der Waals surface area contributed by atoms with Crippen LogP contribution < -0.4 is 24.6 Å². The largest absolute Gasteiger partial charge is 0.468 e. The molecule has 5 fully saturated rings. The molecule has 4 saturated heterocycles. The molecule has 4 aliphatic heterocycles. The minimum absolute atomic E-state index is 0.00567. The van der Waals surface area contributed by atoms with Gasteiger partial charge in [-0.2, -0.15) is 9.97 Å². The van der Waals surface area contributed by atoms with E-state index in [9.17, 15) is 19.5 Å². The number of likely N-dealkylation sites (tertiary alicyclic amines) is 2. The molecule has 0 radical (unpaired) electrons. The average molecular weight is 1210 g/mol. The first-order valence-electron chi connectivity index (χ1n) is 30.6. The summed E-state index contributed by atoms with van der Waals surface area (Å²) in [7, 11) is -0.811. The number of fused-ring (bicyclic) bond motifs is 2. The van der Waals surface area contributed by atoms with Gasteiger partial charge in [-0.15, -0.1) is 5.54 Å². The van der Waals surface area contributed by atoms with Gasteiger partial charge in [-0.1, -0.05) is 65.1 Å². The Morgan fingerprint density at radius 2 is 1.64 bits per heavy atom. The number of benzene rings is 3. The number of aliphatic hydroxyl groups is 1. The second-order valence-corrected chi connectivity index (χ2v) is 31.7. The maximum Gasteiger partial charge on any atom is 0.328 e. The number of hydrogen-bond donors (Lipinski definition) is 2. The summed E-state index contributed by atoms with van der Waals surface area (Å²) in [5.74, 6) is 3.44. The molecule has 0 spiro atoms. The number of nitrogens with zero attached hydrogens (tertiary/aromatic N) is 7. The van der Waals surface area contributed by atoms with Gasteiger partial charge in [0.15, 0.2) is 12.6 Å². The number of ether oxygens (including phenoxy) is 4. The second-order valence-electron chi connectivity index (χ2n) is 25.8. The van der Waals surface area contributed by atoms with Crippen molar-refractivity contribution < 1.29 is 47.2 Å². The number of β-amino-alcohol motifs (C(OH)–C–C–N with tert-alkyl or cyclic N) is 1. The van der Waals surface area contributed by atoms with E-state index in [0.29, 0.717) is 124 Å². The first kappa shape index (κ1) is 62.1. The maximum absolute atomic E-state index is 17.9. The number of nitrogens with one attached hydrogen (secondary N) is 1. The topological polar surface area (TPSA) is 172 Å². The van der Waals surface area contributed by atoms with Crippen molar-refractivity contribution in [1.29, 1.82) is 0 Å². The number of rotatable bonds is 20. The molecule has 10 rings (SSSR count). The van der Waals surface area contributed by atoms with Crippen molar-refractivity contribution in [3.63, 3.8) is 0 Å². The number of aromatic nitrogens is 3. The lowest BCUT2D eigenvalue weighted by Crippen LogP contribution is -2.49. The molecule has 2 N–H and O–H groups in total. The highest BCUT2D eigenvalue weighted by Crippen LogP contribution is 2.48. The van der Waals surface area contributed by atoms with Crippen molar-refractivity contribution in [3.8, 4) is 34.5 Å². The Kier molecular flexibility index (Phi) is 19.1. The van der Waals surface area contributed by atoms with Gasteiger partial charge in [-0.25, -0.2) is 13.6 Å². The lowest BCUT2D eigenvalue weighted by atomic mass is 9.93. The molecule has 20 heteroatoms. The monoisotopic (exact) mass is 1200 g/mol. The molecule has 3 aromatic carbocycles. The number of methoxy groups -OCH3 is 1. The van der Waals surface area contributed by atoms with E-state index in [0.717, 1.165) is 71.2 Å². The minimum Gasteiger partial charge on any atom is -0.468 e. The predicted molar refractivity (Wildman–Crippen MR) is 330 cm³/mol. The molecular weight excluding hydrogens is 1120 g/mol. The number of carbonyl (C=O) groups is 3. The van der Waals surface area contributed by atoms with Gasteiger partial charge in [0.05, 0.1) is 33.9 Å². The lowest BCUT2D eigenvalue weighted by molar-refractivity contribution is -0.120. The molecule has 6 heterocycles. The number of hydrogen-bond acceptors (Lipinski definition) is 13. The number of urea groups is 1. The van der Waals surface area contributed by atoms with Crippen molar-refractivity contribution in [3.05, 3.63) is 76.4 Å². The number of piperidine rings is 3. The summed E-state index contributed by atoms with van der Waals surface area (Å²) in [6, 6.07) is 11.0. The van der Waals surface area contributed by atoms with Gasteiger partial charge in [-0.05, 0) is 148 Å². The number of pyridine rings is 1. The van der Waals surface area contributed by atoms with Crippen LogP contribution >= 0.6 is 11.6 Å². The van der Waals surface area contributed by atoms with Gasteiger partial charge in [-0.3, -0.25) is 24.8 Å². The lowest BCUT2D eigenvalue weighted by Gasteiger charge is -2.38. The standard InChI is InChI=1S/C65H83ClF2N8O8Si/c1-41(2)85(42(3)4,43(5)6)31-20-49-53(67)13-11-46-32-48(84-40-81-8)34-50(56(46)49)58-57(68)59-51(35-69-58)60(75-24-9-21-64(7,80)37-75)72-62(71-59)83-39-65(22-23-65)38-73-25-14-45(15-26-73)36-82-30-19-44-16-27-74(28-17-44)61(78)47-10-12-52(66)54(33-47)76-29-18-55(77)70-63(76)79/h10-13,32-35,41-45,80H,9,14-19,21-30,36-40H2,1-8H3,(H,70,77,79)/t64-/m1/s1. The Bertz CT molecular complexity index is 3330. The third-order valence-corrected chi connectivity index (χ3v) is 25.3. The fourth-order valence-electron chi connectivity index (χ4n) is 13.7. The fraction of sp³-hybridized carbons (Fsp3) is 0.569. The molecule has 0 unspecified atom stereocenters. The van der Waals surface area contributed by atoms with Crippen molar-refractivity contribution in [1.82, 2.24) is 30.1 Å². The Morgan fingerprint density at radius 3 is 2.32 bits per heavy atom. The summed E-state index contributed by atoms with van der Waals surface area (Å²) in [4.78, 5) is 60.1. The quantitative estimate of drug-likeness (QED) is 0.0327. The highest BCUT2D eigenvalue weighted by atomic mass is 35.5. The predicted octanol–water partition coefficient (Wildman–Crippen LogP) is 12.0. The van der Waals surface area contributed by atoms with Gasteiger partial charge in [0.1, 0.15) is 36.7 Å². The van der Waals surface area contributed by atoms with E-state index in [1.165, 1.54) is 18.1 Å². The molecule has 5 aliphatic rings. The first-order valence-corrected chi connectivity index (χ1v) is 33.2. The molecular formula is C65H83ClF2N8O8Si. The summed E-state index contributed by atoms with van der Waals surface area (Å²) >= 11 is 6.44. The van der Waals surface area contributed by atoms with Gasteiger partial charge < -0.3 is 38.8 Å². The molecule has 85 heavy (non-hydrogen) atoms. The van der Waals surface area contributed by atoms with Gasteiger partial charge in [0.25, 0.3) is 5.91 Å². The third-order valence-electron chi connectivity index (χ3n) is 18.7. The summed E-state index contributed by atoms with van der Waals surface area (Å²) < 4.78 is 58.5. The molecule has 4 amide bonds. The molecule has 1 atom stereocenters. The van der Waals surface area contributed by atoms with Gasteiger partial charge >= 0.3 is 12.0 Å². The Labute approximate surface area is 504 Å². The van der Waals surface area contributed by atoms with Crippen LogP contribution in [-0.4, -0.2) is 147 Å². The zero-order chi connectivity index (χ0) is 60.4. The zero-order valence-electron chi connectivity index (χ0n) is 50.6. The summed E-state index contributed by atoms with van der Waals surface area (Å²) in [6.07, 6.45) is 9.80. The molecule has 1 aliphatic carbocycles. The van der Waals surface area contributed by atoms with E-state index in [-0.39, 0.29) is 66.3 Å². The van der Waals surface area contributed by atoms with Crippen LogP contribution in [0.5, 0.6) is 11.8 Å². The van der Waals surface area contributed by atoms with E-state index in [1.807, 2.05) is 9.80 Å². The zero-order valence-corrected chi connectivity index (χ0v) is 52.4. The number of amides is 4. The number of imide groups is 1. The van der Waals surface area contributed by atoms with E-state index in [1.54, 1.807) is 49.5 Å². The van der Waals surface area contributed by atoms with E-state index in [4.69, 9.17) is 45.5 Å². The van der Waals surface area contributed by atoms with Crippen LogP contribution in [0.25, 0.3) is 32.9 Å². The van der Waals surface area contributed by atoms with Crippen LogP contribution in [0, 0.1) is 40.3 Å². The second kappa shape index (κ2) is 26.1. The molecule has 16 nitrogen and oxygen atoms in total. The smallest absolute Gasteiger partial charge is 0.328 e. The molecule has 2 aromatic heterocycles. The number of halogens is 3. The first-order chi connectivity index (χ1) is 40.7. The molecule has 0 bridgehead atoms. The van der Waals surface area contributed by atoms with Crippen molar-refractivity contribution in [2.45, 2.75) is 135 Å². The summed E-state index contributed by atoms with van der Waals surface area (Å²) in [5, 5.41) is 15.4. The van der Waals surface area contributed by atoms with Crippen LogP contribution in [0.4, 0.5) is 25.1 Å². The van der Waals surface area contributed by atoms with E-state index >= 15 is 8.78 Å². The van der Waals surface area contributed by atoms with E-state index < -0.39 is 31.3 Å². The minimum atomic E-state index is -2.33. The Morgan fingerprint density at radius 1 is 0.906 bits per heavy atom. The normalized spacial score (nSPS) is 20.0. The summed E-state index contributed by atoms with van der Waals surface area (Å²) in [5.41, 5.74) is 4.82. The van der Waals surface area contributed by atoms with Crippen LogP contribution in [0.15, 0.2) is 48.7 Å². The van der Waals surface area contributed by atoms with Crippen LogP contribution in [0.3, 0.4) is 0 Å². The van der Waals surface area contributed by atoms with Gasteiger partial charge in [0.2, 0.25) is 5.91 Å². The number of anilines is 2. The highest BCUT2D eigenvalue weighted by Gasteiger charge is 2.46. The fourth-order valence-corrected chi connectivity index (χ4v) is 19.2. The average Bonchev–Trinajstić information content (AvgIpc) is 3.39. The third kappa shape index (κ3) is 13.7.